The van der Waals surface area contributed by atoms with E-state index in [0.29, 0.717) is 10.8 Å². The number of nitrogens with one attached hydrogen (secondary N) is 1. The van der Waals surface area contributed by atoms with Gasteiger partial charge in [-0.15, -0.1) is 0 Å². The molecule has 2 aromatic carbocycles. The van der Waals surface area contributed by atoms with Crippen molar-refractivity contribution in [1.29, 1.82) is 0 Å². The Hall–Kier alpha value is -1.63. The number of hydrogen-bond acceptors (Lipinski definition) is 4. The van der Waals surface area contributed by atoms with Crippen LogP contribution in [-0.4, -0.2) is 15.5 Å². The van der Waals surface area contributed by atoms with Crippen molar-refractivity contribution in [3.8, 4) is 5.75 Å². The summed E-state index contributed by atoms with van der Waals surface area (Å²) in [5.74, 6) is 0.352. The smallest absolute Gasteiger partial charge is 0.262 e. The average molecular weight is 347 g/mol. The normalized spacial score (nSPS) is 11.2. The number of benzene rings is 2. The Bertz CT molecular complexity index is 779. The highest BCUT2D eigenvalue weighted by Crippen LogP contribution is 2.30. The highest BCUT2D eigenvalue weighted by atomic mass is 35.5. The molecular formula is C13H12Cl2N2O3S. The average Bonchev–Trinajstić information content (AvgIpc) is 2.41. The molecule has 0 aliphatic carbocycles. The molecule has 0 unspecified atom stereocenters. The Labute approximate surface area is 132 Å². The third-order valence-corrected chi connectivity index (χ3v) is 4.63. The molecule has 0 heterocycles. The Balaban J connectivity index is 2.41. The number of nitrogen functional groups attached to an aromatic ring is 1. The van der Waals surface area contributed by atoms with Crippen molar-refractivity contribution in [2.45, 2.75) is 4.90 Å². The lowest BCUT2D eigenvalue weighted by Crippen LogP contribution is -2.14. The van der Waals surface area contributed by atoms with Crippen LogP contribution in [0.1, 0.15) is 0 Å². The lowest BCUT2D eigenvalue weighted by atomic mass is 10.3. The second-order valence-electron chi connectivity index (χ2n) is 4.13. The minimum absolute atomic E-state index is 0.00794. The summed E-state index contributed by atoms with van der Waals surface area (Å²) in [6.45, 7) is 0. The molecule has 5 nitrogen and oxygen atoms in total. The number of methoxy groups -OCH3 is 1. The van der Waals surface area contributed by atoms with Crippen molar-refractivity contribution in [2.75, 3.05) is 17.6 Å². The molecular weight excluding hydrogens is 335 g/mol. The molecule has 0 bridgehead atoms. The van der Waals surface area contributed by atoms with Gasteiger partial charge < -0.3 is 10.5 Å². The van der Waals surface area contributed by atoms with Gasteiger partial charge in [0.15, 0.2) is 0 Å². The zero-order chi connectivity index (χ0) is 15.6. The maximum atomic E-state index is 12.3. The fourth-order valence-corrected chi connectivity index (χ4v) is 3.04. The predicted octanol–water partition coefficient (Wildman–Crippen LogP) is 3.39. The van der Waals surface area contributed by atoms with Gasteiger partial charge in [-0.1, -0.05) is 23.2 Å². The summed E-state index contributed by atoms with van der Waals surface area (Å²) in [4.78, 5) is -0.00794. The van der Waals surface area contributed by atoms with Gasteiger partial charge in [0.2, 0.25) is 0 Å². The summed E-state index contributed by atoms with van der Waals surface area (Å²) in [6, 6.07) is 8.67. The van der Waals surface area contributed by atoms with Crippen LogP contribution in [0.15, 0.2) is 41.3 Å². The number of anilines is 2. The molecule has 0 fully saturated rings. The number of rotatable bonds is 4. The molecule has 21 heavy (non-hydrogen) atoms. The Morgan fingerprint density at radius 3 is 2.48 bits per heavy atom. The Morgan fingerprint density at radius 2 is 1.86 bits per heavy atom. The van der Waals surface area contributed by atoms with E-state index in [4.69, 9.17) is 33.7 Å². The molecule has 0 aliphatic heterocycles. The second kappa shape index (κ2) is 6.01. The van der Waals surface area contributed by atoms with Crippen LogP contribution in [0.25, 0.3) is 0 Å². The van der Waals surface area contributed by atoms with E-state index in [9.17, 15) is 8.42 Å². The van der Waals surface area contributed by atoms with Gasteiger partial charge in [0.1, 0.15) is 5.75 Å². The van der Waals surface area contributed by atoms with E-state index in [1.807, 2.05) is 0 Å². The van der Waals surface area contributed by atoms with Crippen LogP contribution in [0.3, 0.4) is 0 Å². The first-order valence-electron chi connectivity index (χ1n) is 5.75. The van der Waals surface area contributed by atoms with E-state index in [2.05, 4.69) is 4.72 Å². The monoisotopic (exact) mass is 346 g/mol. The number of hydrogen-bond donors (Lipinski definition) is 2. The topological polar surface area (TPSA) is 81.4 Å². The minimum Gasteiger partial charge on any atom is -0.495 e. The molecule has 0 aromatic heterocycles. The van der Waals surface area contributed by atoms with Crippen molar-refractivity contribution in [3.05, 3.63) is 46.4 Å². The van der Waals surface area contributed by atoms with E-state index in [1.54, 1.807) is 12.1 Å². The van der Waals surface area contributed by atoms with Crippen molar-refractivity contribution in [3.63, 3.8) is 0 Å². The van der Waals surface area contributed by atoms with Gasteiger partial charge in [-0.05, 0) is 36.4 Å². The number of ether oxygens (including phenoxy) is 1. The summed E-state index contributed by atoms with van der Waals surface area (Å²) in [6.07, 6.45) is 0. The zero-order valence-electron chi connectivity index (χ0n) is 10.9. The van der Waals surface area contributed by atoms with Crippen LogP contribution in [0.5, 0.6) is 5.75 Å². The summed E-state index contributed by atoms with van der Waals surface area (Å²) < 4.78 is 32.2. The quantitative estimate of drug-likeness (QED) is 0.831. The molecule has 2 rings (SSSR count). The van der Waals surface area contributed by atoms with Gasteiger partial charge in [-0.2, -0.15) is 0 Å². The lowest BCUT2D eigenvalue weighted by Gasteiger charge is -2.12. The Morgan fingerprint density at radius 1 is 1.14 bits per heavy atom. The lowest BCUT2D eigenvalue weighted by molar-refractivity contribution is 0.417. The molecule has 0 radical (unpaired) electrons. The van der Waals surface area contributed by atoms with Gasteiger partial charge in [-0.25, -0.2) is 8.42 Å². The van der Waals surface area contributed by atoms with Gasteiger partial charge in [-0.3, -0.25) is 4.72 Å². The molecule has 3 N–H and O–H groups in total. The van der Waals surface area contributed by atoms with Crippen molar-refractivity contribution >= 4 is 44.6 Å². The third-order valence-electron chi connectivity index (χ3n) is 2.68. The first kappa shape index (κ1) is 15.8. The van der Waals surface area contributed by atoms with Crippen LogP contribution in [0, 0.1) is 0 Å². The highest BCUT2D eigenvalue weighted by Gasteiger charge is 2.17. The van der Waals surface area contributed by atoms with Crippen molar-refractivity contribution in [1.82, 2.24) is 0 Å². The largest absolute Gasteiger partial charge is 0.495 e. The first-order chi connectivity index (χ1) is 9.83. The van der Waals surface area contributed by atoms with Crippen LogP contribution in [0.4, 0.5) is 11.4 Å². The minimum atomic E-state index is -3.83. The maximum Gasteiger partial charge on any atom is 0.262 e. The predicted molar refractivity (Wildman–Crippen MR) is 84.7 cm³/mol. The van der Waals surface area contributed by atoms with Gasteiger partial charge in [0.25, 0.3) is 10.0 Å². The van der Waals surface area contributed by atoms with E-state index >= 15 is 0 Å². The van der Waals surface area contributed by atoms with Crippen LogP contribution < -0.4 is 15.2 Å². The van der Waals surface area contributed by atoms with Crippen molar-refractivity contribution < 1.29 is 13.2 Å². The van der Waals surface area contributed by atoms with Crippen molar-refractivity contribution in [2.24, 2.45) is 0 Å². The molecule has 0 saturated heterocycles. The summed E-state index contributed by atoms with van der Waals surface area (Å²) in [5.41, 5.74) is 6.03. The van der Waals surface area contributed by atoms with Crippen LogP contribution in [-0.2, 0) is 10.0 Å². The highest BCUT2D eigenvalue weighted by molar-refractivity contribution is 7.92. The fourth-order valence-electron chi connectivity index (χ4n) is 1.65. The molecule has 112 valence electrons. The maximum absolute atomic E-state index is 12.3. The Kier molecular flexibility index (Phi) is 4.51. The van der Waals surface area contributed by atoms with Crippen LogP contribution >= 0.6 is 23.2 Å². The molecule has 0 atom stereocenters. The standard InChI is InChI=1S/C13H12Cl2N2O3S/c1-20-13-5-2-8(14)6-12(13)17-21(18,19)9-3-4-10(15)11(16)7-9/h2-7,17H,16H2,1H3. The van der Waals surface area contributed by atoms with E-state index in [-0.39, 0.29) is 21.3 Å². The second-order valence-corrected chi connectivity index (χ2v) is 6.66. The zero-order valence-corrected chi connectivity index (χ0v) is 13.3. The number of sulfonamides is 1. The summed E-state index contributed by atoms with van der Waals surface area (Å²) in [5, 5.41) is 0.665. The molecule has 8 heteroatoms. The van der Waals surface area contributed by atoms with Gasteiger partial charge in [0, 0.05) is 5.02 Å². The summed E-state index contributed by atoms with van der Waals surface area (Å²) >= 11 is 11.6. The number of halogens is 2. The van der Waals surface area contributed by atoms with E-state index < -0.39 is 10.0 Å². The molecule has 0 amide bonds. The first-order valence-corrected chi connectivity index (χ1v) is 7.99. The van der Waals surface area contributed by atoms with Gasteiger partial charge in [0.05, 0.1) is 28.4 Å². The fraction of sp³-hybridized carbons (Fsp3) is 0.0769. The third kappa shape index (κ3) is 3.53. The molecule has 2 aromatic rings. The summed E-state index contributed by atoms with van der Waals surface area (Å²) in [7, 11) is -2.40. The molecule has 0 spiro atoms. The van der Waals surface area contributed by atoms with Gasteiger partial charge >= 0.3 is 0 Å². The van der Waals surface area contributed by atoms with Crippen LogP contribution in [0.2, 0.25) is 10.0 Å². The number of nitrogens with two attached hydrogens (primary N) is 1. The molecule has 0 aliphatic rings. The van der Waals surface area contributed by atoms with E-state index in [0.717, 1.165) is 0 Å². The van der Waals surface area contributed by atoms with E-state index in [1.165, 1.54) is 31.4 Å². The molecule has 0 saturated carbocycles. The SMILES string of the molecule is COc1ccc(Cl)cc1NS(=O)(=O)c1ccc(Cl)c(N)c1.